The second kappa shape index (κ2) is 9.19. The molecule has 3 aromatic carbocycles. The third-order valence-corrected chi connectivity index (χ3v) is 5.93. The minimum atomic E-state index is -3.75. The number of carbonyl (C=O) groups is 1. The smallest absolute Gasteiger partial charge is 0.262 e. The second-order valence-electron chi connectivity index (χ2n) is 6.69. The van der Waals surface area contributed by atoms with Gasteiger partial charge >= 0.3 is 0 Å². The van der Waals surface area contributed by atoms with Crippen molar-refractivity contribution in [3.05, 3.63) is 82.9 Å². The number of ether oxygens (including phenoxy) is 1. The van der Waals surface area contributed by atoms with Crippen molar-refractivity contribution in [2.75, 3.05) is 16.6 Å². The average Bonchev–Trinajstić information content (AvgIpc) is 2.70. The van der Waals surface area contributed by atoms with E-state index in [4.69, 9.17) is 16.3 Å². The lowest BCUT2D eigenvalue weighted by atomic mass is 10.1. The number of halogens is 1. The number of nitrogens with one attached hydrogen (secondary N) is 2. The van der Waals surface area contributed by atoms with Crippen LogP contribution >= 0.6 is 11.6 Å². The highest BCUT2D eigenvalue weighted by atomic mass is 35.5. The van der Waals surface area contributed by atoms with Crippen molar-refractivity contribution in [1.29, 1.82) is 0 Å². The van der Waals surface area contributed by atoms with Crippen LogP contribution in [0.4, 0.5) is 11.4 Å². The van der Waals surface area contributed by atoms with Crippen molar-refractivity contribution in [2.24, 2.45) is 0 Å². The van der Waals surface area contributed by atoms with Crippen molar-refractivity contribution < 1.29 is 17.9 Å². The Hall–Kier alpha value is -3.03. The fourth-order valence-electron chi connectivity index (χ4n) is 2.79. The van der Waals surface area contributed by atoms with E-state index >= 15 is 0 Å². The number of para-hydroxylation sites is 1. The highest BCUT2D eigenvalue weighted by Crippen LogP contribution is 2.24. The molecule has 8 heteroatoms. The topological polar surface area (TPSA) is 84.5 Å². The Morgan fingerprint density at radius 2 is 1.60 bits per heavy atom. The van der Waals surface area contributed by atoms with E-state index < -0.39 is 10.0 Å². The molecule has 0 saturated carbocycles. The lowest BCUT2D eigenvalue weighted by Crippen LogP contribution is -2.20. The number of hydrogen-bond donors (Lipinski definition) is 2. The molecule has 0 saturated heterocycles. The molecule has 0 aliphatic heterocycles. The largest absolute Gasteiger partial charge is 0.484 e. The van der Waals surface area contributed by atoms with Gasteiger partial charge in [-0.15, -0.1) is 0 Å². The molecular formula is C22H21ClN2O4S. The van der Waals surface area contributed by atoms with Gasteiger partial charge in [0.1, 0.15) is 5.75 Å². The highest BCUT2D eigenvalue weighted by Gasteiger charge is 2.16. The lowest BCUT2D eigenvalue weighted by Gasteiger charge is -2.13. The third kappa shape index (κ3) is 5.52. The molecule has 0 radical (unpaired) electrons. The van der Waals surface area contributed by atoms with E-state index in [0.29, 0.717) is 22.1 Å². The highest BCUT2D eigenvalue weighted by molar-refractivity contribution is 7.92. The molecule has 0 spiro atoms. The average molecular weight is 445 g/mol. The number of aryl methyl sites for hydroxylation is 2. The summed E-state index contributed by atoms with van der Waals surface area (Å²) in [6, 6.07) is 18.2. The van der Waals surface area contributed by atoms with Gasteiger partial charge in [0, 0.05) is 10.7 Å². The fourth-order valence-corrected chi connectivity index (χ4v) is 4.17. The molecule has 0 aliphatic carbocycles. The van der Waals surface area contributed by atoms with Crippen LogP contribution < -0.4 is 14.8 Å². The zero-order chi connectivity index (χ0) is 21.7. The van der Waals surface area contributed by atoms with Crippen molar-refractivity contribution in [2.45, 2.75) is 18.7 Å². The summed E-state index contributed by atoms with van der Waals surface area (Å²) in [5, 5.41) is 3.17. The molecule has 0 aliphatic rings. The van der Waals surface area contributed by atoms with Crippen molar-refractivity contribution >= 4 is 38.9 Å². The van der Waals surface area contributed by atoms with E-state index in [-0.39, 0.29) is 17.4 Å². The van der Waals surface area contributed by atoms with Crippen molar-refractivity contribution in [3.8, 4) is 5.75 Å². The van der Waals surface area contributed by atoms with Crippen LogP contribution in [0.2, 0.25) is 5.02 Å². The molecule has 2 N–H and O–H groups in total. The summed E-state index contributed by atoms with van der Waals surface area (Å²) in [5.41, 5.74) is 2.69. The van der Waals surface area contributed by atoms with E-state index in [2.05, 4.69) is 10.0 Å². The van der Waals surface area contributed by atoms with Crippen molar-refractivity contribution in [3.63, 3.8) is 0 Å². The van der Waals surface area contributed by atoms with Crippen LogP contribution in [-0.2, 0) is 14.8 Å². The Morgan fingerprint density at radius 1 is 0.967 bits per heavy atom. The molecule has 0 fully saturated rings. The Balaban J connectivity index is 1.63. The summed E-state index contributed by atoms with van der Waals surface area (Å²) >= 11 is 5.88. The minimum Gasteiger partial charge on any atom is -0.484 e. The number of benzene rings is 3. The van der Waals surface area contributed by atoms with Gasteiger partial charge in [0.2, 0.25) is 0 Å². The predicted octanol–water partition coefficient (Wildman–Crippen LogP) is 4.78. The summed E-state index contributed by atoms with van der Waals surface area (Å²) in [7, 11) is -3.75. The van der Waals surface area contributed by atoms with Gasteiger partial charge in [0.05, 0.1) is 10.6 Å². The molecule has 3 aromatic rings. The van der Waals surface area contributed by atoms with Gasteiger partial charge in [0.15, 0.2) is 6.61 Å². The van der Waals surface area contributed by atoms with Crippen LogP contribution in [0.25, 0.3) is 0 Å². The Bertz CT molecular complexity index is 1140. The van der Waals surface area contributed by atoms with E-state index in [1.807, 2.05) is 32.0 Å². The Morgan fingerprint density at radius 3 is 2.23 bits per heavy atom. The molecule has 3 rings (SSSR count). The molecule has 30 heavy (non-hydrogen) atoms. The Kier molecular flexibility index (Phi) is 6.64. The van der Waals surface area contributed by atoms with Crippen molar-refractivity contribution in [1.82, 2.24) is 0 Å². The minimum absolute atomic E-state index is 0.0957. The first-order chi connectivity index (χ1) is 14.2. The van der Waals surface area contributed by atoms with E-state index in [1.165, 1.54) is 24.3 Å². The molecule has 0 aromatic heterocycles. The monoisotopic (exact) mass is 444 g/mol. The SMILES string of the molecule is Cc1cccc(C)c1NS(=O)(=O)c1ccc(NC(=O)COc2cccc(Cl)c2)cc1. The van der Waals surface area contributed by atoms with Gasteiger partial charge in [-0.1, -0.05) is 35.9 Å². The molecule has 0 bridgehead atoms. The molecule has 1 amide bonds. The zero-order valence-electron chi connectivity index (χ0n) is 16.5. The van der Waals surface area contributed by atoms with Crippen LogP contribution in [0.3, 0.4) is 0 Å². The van der Waals surface area contributed by atoms with Crippen LogP contribution in [0.5, 0.6) is 5.75 Å². The first-order valence-corrected chi connectivity index (χ1v) is 11.0. The normalized spacial score (nSPS) is 11.0. The maximum atomic E-state index is 12.7. The van der Waals surface area contributed by atoms with E-state index in [0.717, 1.165) is 11.1 Å². The Labute approximate surface area is 180 Å². The molecular weight excluding hydrogens is 424 g/mol. The maximum absolute atomic E-state index is 12.7. The number of sulfonamides is 1. The molecule has 6 nitrogen and oxygen atoms in total. The van der Waals surface area contributed by atoms with Gasteiger partial charge in [-0.25, -0.2) is 8.42 Å². The third-order valence-electron chi connectivity index (χ3n) is 4.33. The number of carbonyl (C=O) groups excluding carboxylic acids is 1. The lowest BCUT2D eigenvalue weighted by molar-refractivity contribution is -0.118. The predicted molar refractivity (Wildman–Crippen MR) is 119 cm³/mol. The van der Waals surface area contributed by atoms with Gasteiger partial charge in [-0.05, 0) is 67.4 Å². The molecule has 156 valence electrons. The van der Waals surface area contributed by atoms with E-state index in [9.17, 15) is 13.2 Å². The summed E-state index contributed by atoms with van der Waals surface area (Å²) in [4.78, 5) is 12.2. The fraction of sp³-hybridized carbons (Fsp3) is 0.136. The van der Waals surface area contributed by atoms with Crippen LogP contribution in [0, 0.1) is 13.8 Å². The number of anilines is 2. The number of rotatable bonds is 7. The van der Waals surface area contributed by atoms with Crippen LogP contribution in [0.1, 0.15) is 11.1 Å². The number of amides is 1. The van der Waals surface area contributed by atoms with E-state index in [1.54, 1.807) is 24.3 Å². The summed E-state index contributed by atoms with van der Waals surface area (Å²) in [6.07, 6.45) is 0. The standard InChI is InChI=1S/C22H21ClN2O4S/c1-15-5-3-6-16(2)22(15)25-30(27,28)20-11-9-18(10-12-20)24-21(26)14-29-19-8-4-7-17(23)13-19/h3-13,25H,14H2,1-2H3,(H,24,26). The summed E-state index contributed by atoms with van der Waals surface area (Å²) in [5.74, 6) is 0.107. The quantitative estimate of drug-likeness (QED) is 0.549. The van der Waals surface area contributed by atoms with Gasteiger partial charge in [-0.2, -0.15) is 0 Å². The molecule has 0 heterocycles. The van der Waals surface area contributed by atoms with Crippen LogP contribution in [-0.4, -0.2) is 20.9 Å². The zero-order valence-corrected chi connectivity index (χ0v) is 18.0. The number of hydrogen-bond acceptors (Lipinski definition) is 4. The first-order valence-electron chi connectivity index (χ1n) is 9.12. The summed E-state index contributed by atoms with van der Waals surface area (Å²) in [6.45, 7) is 3.48. The van der Waals surface area contributed by atoms with Crippen LogP contribution in [0.15, 0.2) is 71.6 Å². The second-order valence-corrected chi connectivity index (χ2v) is 8.81. The summed E-state index contributed by atoms with van der Waals surface area (Å²) < 4.78 is 33.4. The van der Waals surface area contributed by atoms with Gasteiger partial charge in [0.25, 0.3) is 15.9 Å². The molecule has 0 atom stereocenters. The van der Waals surface area contributed by atoms with Gasteiger partial charge in [-0.3, -0.25) is 9.52 Å². The maximum Gasteiger partial charge on any atom is 0.262 e. The van der Waals surface area contributed by atoms with Gasteiger partial charge < -0.3 is 10.1 Å². The first kappa shape index (κ1) is 21.7. The molecule has 0 unspecified atom stereocenters.